The third-order valence-electron chi connectivity index (χ3n) is 12.6. The molecule has 396 valence electrons. The van der Waals surface area contributed by atoms with Gasteiger partial charge in [-0.2, -0.15) is 0 Å². The molecular formula is C53H94O15. The summed E-state index contributed by atoms with van der Waals surface area (Å²) in [6.45, 7) is 2.48. The normalized spacial score (nSPS) is 26.0. The van der Waals surface area contributed by atoms with Gasteiger partial charge in [0, 0.05) is 12.8 Å². The van der Waals surface area contributed by atoms with Crippen LogP contribution in [0.5, 0.6) is 0 Å². The van der Waals surface area contributed by atoms with E-state index >= 15 is 0 Å². The van der Waals surface area contributed by atoms with Crippen molar-refractivity contribution in [3.8, 4) is 0 Å². The highest BCUT2D eigenvalue weighted by Gasteiger charge is 2.47. The van der Waals surface area contributed by atoms with E-state index in [0.29, 0.717) is 12.8 Å². The molecule has 15 heteroatoms. The van der Waals surface area contributed by atoms with Crippen molar-refractivity contribution in [2.75, 3.05) is 26.4 Å². The maximum Gasteiger partial charge on any atom is 0.306 e. The summed E-state index contributed by atoms with van der Waals surface area (Å²) in [4.78, 5) is 25.8. The smallest absolute Gasteiger partial charge is 0.306 e. The van der Waals surface area contributed by atoms with Gasteiger partial charge in [-0.15, -0.1) is 0 Å². The number of aliphatic hydroxyl groups is 7. The molecule has 11 atom stereocenters. The van der Waals surface area contributed by atoms with E-state index in [4.69, 9.17) is 28.4 Å². The number of hydrogen-bond donors (Lipinski definition) is 7. The van der Waals surface area contributed by atoms with Gasteiger partial charge >= 0.3 is 11.9 Å². The maximum atomic E-state index is 13.0. The molecule has 2 saturated heterocycles. The van der Waals surface area contributed by atoms with Gasteiger partial charge in [0.05, 0.1) is 19.8 Å². The van der Waals surface area contributed by atoms with Crippen molar-refractivity contribution in [2.24, 2.45) is 0 Å². The minimum Gasteiger partial charge on any atom is -0.462 e. The minimum atomic E-state index is -1.77. The average Bonchev–Trinajstić information content (AvgIpc) is 3.33. The Balaban J connectivity index is 1.79. The van der Waals surface area contributed by atoms with Crippen LogP contribution in [0, 0.1) is 0 Å². The molecule has 0 bridgehead atoms. The van der Waals surface area contributed by atoms with Crippen LogP contribution in [0.25, 0.3) is 0 Å². The first kappa shape index (κ1) is 61.8. The Hall–Kier alpha value is -2.28. The molecule has 15 nitrogen and oxygen atoms in total. The van der Waals surface area contributed by atoms with Crippen LogP contribution in [0.4, 0.5) is 0 Å². The number of carbonyl (C=O) groups excluding carboxylic acids is 2. The third kappa shape index (κ3) is 27.9. The monoisotopic (exact) mass is 971 g/mol. The Labute approximate surface area is 408 Å². The molecule has 0 aromatic carbocycles. The highest BCUT2D eigenvalue weighted by Crippen LogP contribution is 2.26. The molecule has 0 aromatic heterocycles. The predicted molar refractivity (Wildman–Crippen MR) is 261 cm³/mol. The lowest BCUT2D eigenvalue weighted by Gasteiger charge is -2.42. The summed E-state index contributed by atoms with van der Waals surface area (Å²) < 4.78 is 33.6. The second kappa shape index (κ2) is 40.3. The van der Waals surface area contributed by atoms with Crippen LogP contribution in [0.3, 0.4) is 0 Å². The maximum absolute atomic E-state index is 13.0. The molecule has 68 heavy (non-hydrogen) atoms. The average molecular weight is 971 g/mol. The number of esters is 2. The summed E-state index contributed by atoms with van der Waals surface area (Å²) in [6.07, 6.45) is 26.0. The quantitative estimate of drug-likeness (QED) is 0.0177. The van der Waals surface area contributed by atoms with E-state index in [1.54, 1.807) is 0 Å². The zero-order chi connectivity index (χ0) is 49.6. The molecule has 7 N–H and O–H groups in total. The standard InChI is InChI=1S/C53H94O15/c1-3-5-7-9-11-13-15-17-19-20-22-23-25-27-29-31-33-35-44(55)63-38-41(66-45(56)36-34-32-30-28-26-24-21-18-16-14-12-10-8-6-4-2)39-64-52-51(62)49(60)47(58)43(68-52)40-65-53-50(61)48(59)46(57)42(37-54)67-53/h6,8,12,14,18,21,41-43,46-54,57-62H,3-5,7,9-11,13,15-17,19-20,22-40H2,1-2H3/b8-6-,14-12-,21-18-. The first-order chi connectivity index (χ1) is 33.0. The lowest BCUT2D eigenvalue weighted by molar-refractivity contribution is -0.332. The van der Waals surface area contributed by atoms with Crippen LogP contribution in [0.2, 0.25) is 0 Å². The molecule has 2 fully saturated rings. The van der Waals surface area contributed by atoms with Crippen LogP contribution >= 0.6 is 0 Å². The van der Waals surface area contributed by atoms with Gasteiger partial charge in [-0.3, -0.25) is 9.59 Å². The summed E-state index contributed by atoms with van der Waals surface area (Å²) in [5.74, 6) is -0.939. The summed E-state index contributed by atoms with van der Waals surface area (Å²) in [5.41, 5.74) is 0. The van der Waals surface area contributed by atoms with Gasteiger partial charge in [-0.05, 0) is 44.9 Å². The molecule has 0 amide bonds. The fourth-order valence-corrected chi connectivity index (χ4v) is 8.29. The van der Waals surface area contributed by atoms with E-state index in [2.05, 4.69) is 50.3 Å². The van der Waals surface area contributed by atoms with Crippen molar-refractivity contribution in [2.45, 2.75) is 261 Å². The Bertz CT molecular complexity index is 1330. The van der Waals surface area contributed by atoms with E-state index in [1.165, 1.54) is 83.5 Å². The highest BCUT2D eigenvalue weighted by atomic mass is 16.7. The largest absolute Gasteiger partial charge is 0.462 e. The van der Waals surface area contributed by atoms with Crippen molar-refractivity contribution in [1.29, 1.82) is 0 Å². The fourth-order valence-electron chi connectivity index (χ4n) is 8.29. The van der Waals surface area contributed by atoms with Crippen LogP contribution in [0.15, 0.2) is 36.5 Å². The van der Waals surface area contributed by atoms with Crippen LogP contribution in [-0.2, 0) is 38.0 Å². The zero-order valence-electron chi connectivity index (χ0n) is 41.8. The van der Waals surface area contributed by atoms with Crippen LogP contribution in [-0.4, -0.2) is 142 Å². The second-order valence-electron chi connectivity index (χ2n) is 18.7. The molecule has 0 radical (unpaired) electrons. The Kier molecular flexibility index (Phi) is 36.7. The summed E-state index contributed by atoms with van der Waals surface area (Å²) >= 11 is 0. The first-order valence-corrected chi connectivity index (χ1v) is 26.6. The van der Waals surface area contributed by atoms with Gasteiger partial charge in [0.1, 0.15) is 55.4 Å². The molecule has 11 unspecified atom stereocenters. The van der Waals surface area contributed by atoms with Crippen molar-refractivity contribution in [3.63, 3.8) is 0 Å². The lowest BCUT2D eigenvalue weighted by atomic mass is 9.98. The number of allylic oxidation sites excluding steroid dienone is 6. The highest BCUT2D eigenvalue weighted by molar-refractivity contribution is 5.70. The number of unbranched alkanes of at least 4 members (excludes halogenated alkanes) is 21. The van der Waals surface area contributed by atoms with Gasteiger partial charge in [0.2, 0.25) is 0 Å². The SMILES string of the molecule is CC/C=C\C/C=C\C/C=C\CCCCCCCC(=O)OC(COC(=O)CCCCCCCCCCCCCCCCCCC)COC1OC(COC2OC(CO)C(O)C(O)C2O)C(O)C(O)C1O. The molecule has 0 saturated carbocycles. The summed E-state index contributed by atoms with van der Waals surface area (Å²) in [5, 5.41) is 72.1. The molecule has 2 aliphatic rings. The molecular weight excluding hydrogens is 877 g/mol. The minimum absolute atomic E-state index is 0.147. The van der Waals surface area contributed by atoms with Crippen LogP contribution < -0.4 is 0 Å². The van der Waals surface area contributed by atoms with Crippen molar-refractivity contribution in [3.05, 3.63) is 36.5 Å². The number of carbonyl (C=O) groups is 2. The first-order valence-electron chi connectivity index (χ1n) is 26.6. The molecule has 2 heterocycles. The third-order valence-corrected chi connectivity index (χ3v) is 12.6. The zero-order valence-corrected chi connectivity index (χ0v) is 41.8. The second-order valence-corrected chi connectivity index (χ2v) is 18.7. The lowest BCUT2D eigenvalue weighted by Crippen LogP contribution is -2.61. The van der Waals surface area contributed by atoms with E-state index in [1.807, 2.05) is 0 Å². The number of rotatable bonds is 41. The molecule has 2 aliphatic heterocycles. The Morgan fingerprint density at radius 1 is 0.485 bits per heavy atom. The van der Waals surface area contributed by atoms with Gasteiger partial charge in [0.15, 0.2) is 18.7 Å². The molecule has 0 aromatic rings. The van der Waals surface area contributed by atoms with Gasteiger partial charge in [-0.1, -0.05) is 172 Å². The Morgan fingerprint density at radius 3 is 1.46 bits per heavy atom. The van der Waals surface area contributed by atoms with Gasteiger partial charge in [-0.25, -0.2) is 0 Å². The molecule has 0 aliphatic carbocycles. The van der Waals surface area contributed by atoms with Crippen molar-refractivity contribution >= 4 is 11.9 Å². The summed E-state index contributed by atoms with van der Waals surface area (Å²) in [6, 6.07) is 0. The van der Waals surface area contributed by atoms with E-state index in [9.17, 15) is 45.3 Å². The number of aliphatic hydroxyl groups excluding tert-OH is 7. The van der Waals surface area contributed by atoms with Gasteiger partial charge < -0.3 is 64.2 Å². The van der Waals surface area contributed by atoms with Gasteiger partial charge in [0.25, 0.3) is 0 Å². The van der Waals surface area contributed by atoms with E-state index in [-0.39, 0.29) is 26.1 Å². The van der Waals surface area contributed by atoms with Crippen LogP contribution in [0.1, 0.15) is 194 Å². The number of ether oxygens (including phenoxy) is 6. The predicted octanol–water partition coefficient (Wildman–Crippen LogP) is 7.71. The Morgan fingerprint density at radius 2 is 0.926 bits per heavy atom. The van der Waals surface area contributed by atoms with E-state index < -0.39 is 92.7 Å². The summed E-state index contributed by atoms with van der Waals surface area (Å²) in [7, 11) is 0. The molecule has 0 spiro atoms. The van der Waals surface area contributed by atoms with Crippen molar-refractivity contribution < 1.29 is 73.8 Å². The molecule has 2 rings (SSSR count). The van der Waals surface area contributed by atoms with Crippen molar-refractivity contribution in [1.82, 2.24) is 0 Å². The topological polar surface area (TPSA) is 231 Å². The van der Waals surface area contributed by atoms with E-state index in [0.717, 1.165) is 70.6 Å². The fraction of sp³-hybridized carbons (Fsp3) is 0.849. The number of hydrogen-bond acceptors (Lipinski definition) is 15.